The fourth-order valence-electron chi connectivity index (χ4n) is 1.00. The molecule has 0 aliphatic carbocycles. The first-order valence-corrected chi connectivity index (χ1v) is 4.09. The number of nitrogens with zero attached hydrogens (tertiary/aromatic N) is 1. The number of amides is 1. The van der Waals surface area contributed by atoms with Gasteiger partial charge < -0.3 is 10.8 Å². The topological polar surface area (TPSA) is 76.2 Å². The summed E-state index contributed by atoms with van der Waals surface area (Å²) in [6.07, 6.45) is 3.08. The zero-order chi connectivity index (χ0) is 9.68. The molecule has 0 fully saturated rings. The first kappa shape index (κ1) is 9.67. The fourth-order valence-corrected chi connectivity index (χ4v) is 1.00. The quantitative estimate of drug-likeness (QED) is 0.690. The van der Waals surface area contributed by atoms with Crippen LogP contribution in [-0.4, -0.2) is 22.6 Å². The van der Waals surface area contributed by atoms with Crippen LogP contribution in [0, 0.1) is 0 Å². The van der Waals surface area contributed by atoms with Crippen molar-refractivity contribution in [2.24, 2.45) is 5.73 Å². The van der Waals surface area contributed by atoms with Gasteiger partial charge in [0.25, 0.3) is 5.91 Å². The van der Waals surface area contributed by atoms with Gasteiger partial charge in [0.2, 0.25) is 0 Å². The summed E-state index contributed by atoms with van der Waals surface area (Å²) in [4.78, 5) is 14.5. The van der Waals surface area contributed by atoms with Crippen LogP contribution >= 0.6 is 0 Å². The normalized spacial score (nSPS) is 9.92. The van der Waals surface area contributed by atoms with Gasteiger partial charge in [-0.2, -0.15) is 0 Å². The highest BCUT2D eigenvalue weighted by Gasteiger charge is 2.00. The van der Waals surface area contributed by atoms with Gasteiger partial charge in [0.05, 0.1) is 0 Å². The molecule has 0 radical (unpaired) electrons. The third-order valence-corrected chi connectivity index (χ3v) is 1.70. The van der Waals surface area contributed by atoms with Crippen molar-refractivity contribution in [1.82, 2.24) is 4.98 Å². The minimum atomic E-state index is -0.520. The molecule has 0 bridgehead atoms. The Balaban J connectivity index is 2.64. The molecule has 1 aromatic rings. The van der Waals surface area contributed by atoms with Crippen LogP contribution in [0.2, 0.25) is 0 Å². The summed E-state index contributed by atoms with van der Waals surface area (Å²) >= 11 is 0. The van der Waals surface area contributed by atoms with Crippen molar-refractivity contribution in [3.05, 3.63) is 29.6 Å². The molecule has 0 atom stereocenters. The van der Waals surface area contributed by atoms with Crippen LogP contribution in [-0.2, 0) is 6.42 Å². The van der Waals surface area contributed by atoms with E-state index < -0.39 is 5.91 Å². The molecule has 3 N–H and O–H groups in total. The van der Waals surface area contributed by atoms with Crippen LogP contribution in [0.1, 0.15) is 22.5 Å². The number of hydrogen-bond donors (Lipinski definition) is 2. The molecule has 4 nitrogen and oxygen atoms in total. The minimum Gasteiger partial charge on any atom is -0.396 e. The second kappa shape index (κ2) is 4.57. The lowest BCUT2D eigenvalue weighted by Crippen LogP contribution is -2.12. The van der Waals surface area contributed by atoms with Crippen molar-refractivity contribution >= 4 is 5.91 Å². The van der Waals surface area contributed by atoms with Crippen molar-refractivity contribution < 1.29 is 9.90 Å². The number of primary amides is 1. The molecule has 70 valence electrons. The van der Waals surface area contributed by atoms with Gasteiger partial charge in [-0.1, -0.05) is 6.07 Å². The molecular weight excluding hydrogens is 168 g/mol. The van der Waals surface area contributed by atoms with Crippen LogP contribution < -0.4 is 5.73 Å². The minimum absolute atomic E-state index is 0.164. The molecule has 1 amide bonds. The highest BCUT2D eigenvalue weighted by atomic mass is 16.2. The number of carbonyl (C=O) groups excluding carboxylic acids is 1. The van der Waals surface area contributed by atoms with Crippen LogP contribution in [0.25, 0.3) is 0 Å². The number of nitrogens with two attached hydrogens (primary N) is 1. The van der Waals surface area contributed by atoms with E-state index in [-0.39, 0.29) is 12.3 Å². The van der Waals surface area contributed by atoms with Crippen molar-refractivity contribution in [3.8, 4) is 0 Å². The van der Waals surface area contributed by atoms with E-state index in [1.54, 1.807) is 18.3 Å². The molecule has 1 rings (SSSR count). The zero-order valence-corrected chi connectivity index (χ0v) is 7.23. The Bertz CT molecular complexity index is 282. The van der Waals surface area contributed by atoms with Gasteiger partial charge in [-0.15, -0.1) is 0 Å². The number of hydrogen-bond acceptors (Lipinski definition) is 3. The molecule has 0 aromatic carbocycles. The van der Waals surface area contributed by atoms with Gasteiger partial charge in [0.1, 0.15) is 5.69 Å². The number of rotatable bonds is 4. The molecule has 0 saturated heterocycles. The SMILES string of the molecule is NC(=O)c1ccc(CCCO)cn1. The monoisotopic (exact) mass is 180 g/mol. The average Bonchev–Trinajstić information content (AvgIpc) is 2.15. The van der Waals surface area contributed by atoms with E-state index in [2.05, 4.69) is 4.98 Å². The third kappa shape index (κ3) is 2.83. The lowest BCUT2D eigenvalue weighted by atomic mass is 10.1. The van der Waals surface area contributed by atoms with Gasteiger partial charge >= 0.3 is 0 Å². The second-order valence-corrected chi connectivity index (χ2v) is 2.74. The summed E-state index contributed by atoms with van der Waals surface area (Å²) in [5, 5.41) is 8.58. The molecular formula is C9H12N2O2. The summed E-state index contributed by atoms with van der Waals surface area (Å²) in [6, 6.07) is 3.39. The Labute approximate surface area is 76.4 Å². The van der Waals surface area contributed by atoms with Gasteiger partial charge in [-0.3, -0.25) is 9.78 Å². The lowest BCUT2D eigenvalue weighted by molar-refractivity contribution is 0.0995. The third-order valence-electron chi connectivity index (χ3n) is 1.70. The van der Waals surface area contributed by atoms with Gasteiger partial charge in [-0.05, 0) is 24.5 Å². The number of carbonyl (C=O) groups is 1. The Hall–Kier alpha value is -1.42. The largest absolute Gasteiger partial charge is 0.396 e. The molecule has 13 heavy (non-hydrogen) atoms. The van der Waals surface area contributed by atoms with Crippen LogP contribution in [0.15, 0.2) is 18.3 Å². The molecule has 0 aliphatic rings. The molecule has 0 unspecified atom stereocenters. The van der Waals surface area contributed by atoms with Crippen LogP contribution in [0.4, 0.5) is 0 Å². The summed E-state index contributed by atoms with van der Waals surface area (Å²) in [7, 11) is 0. The van der Waals surface area contributed by atoms with Crippen LogP contribution in [0.5, 0.6) is 0 Å². The molecule has 0 saturated carbocycles. The van der Waals surface area contributed by atoms with E-state index in [0.29, 0.717) is 6.42 Å². The molecule has 1 aromatic heterocycles. The second-order valence-electron chi connectivity index (χ2n) is 2.74. The van der Waals surface area contributed by atoms with E-state index in [0.717, 1.165) is 12.0 Å². The number of aryl methyl sites for hydroxylation is 1. The van der Waals surface area contributed by atoms with E-state index >= 15 is 0 Å². The highest BCUT2D eigenvalue weighted by molar-refractivity contribution is 5.90. The van der Waals surface area contributed by atoms with Crippen molar-refractivity contribution in [1.29, 1.82) is 0 Å². The molecule has 1 heterocycles. The summed E-state index contributed by atoms with van der Waals surface area (Å²) in [5.74, 6) is -0.520. The molecule has 0 spiro atoms. The number of pyridine rings is 1. The van der Waals surface area contributed by atoms with Crippen LogP contribution in [0.3, 0.4) is 0 Å². The lowest BCUT2D eigenvalue weighted by Gasteiger charge is -1.99. The van der Waals surface area contributed by atoms with E-state index in [1.807, 2.05) is 0 Å². The summed E-state index contributed by atoms with van der Waals surface area (Å²) < 4.78 is 0. The predicted octanol–water partition coefficient (Wildman–Crippen LogP) is 0.105. The smallest absolute Gasteiger partial charge is 0.267 e. The fraction of sp³-hybridized carbons (Fsp3) is 0.333. The Morgan fingerprint density at radius 2 is 2.31 bits per heavy atom. The maximum Gasteiger partial charge on any atom is 0.267 e. The molecule has 0 aliphatic heterocycles. The van der Waals surface area contributed by atoms with Gasteiger partial charge in [0, 0.05) is 12.8 Å². The number of aliphatic hydroxyl groups is 1. The van der Waals surface area contributed by atoms with Gasteiger partial charge in [0.15, 0.2) is 0 Å². The van der Waals surface area contributed by atoms with Crippen molar-refractivity contribution in [3.63, 3.8) is 0 Å². The summed E-state index contributed by atoms with van der Waals surface area (Å²) in [5.41, 5.74) is 6.29. The zero-order valence-electron chi connectivity index (χ0n) is 7.23. The first-order valence-electron chi connectivity index (χ1n) is 4.09. The highest BCUT2D eigenvalue weighted by Crippen LogP contribution is 2.02. The van der Waals surface area contributed by atoms with E-state index in [1.165, 1.54) is 0 Å². The van der Waals surface area contributed by atoms with Gasteiger partial charge in [-0.25, -0.2) is 0 Å². The van der Waals surface area contributed by atoms with E-state index in [9.17, 15) is 4.79 Å². The average molecular weight is 180 g/mol. The Kier molecular flexibility index (Phi) is 3.40. The van der Waals surface area contributed by atoms with Crippen molar-refractivity contribution in [2.45, 2.75) is 12.8 Å². The number of aliphatic hydroxyl groups excluding tert-OH is 1. The predicted molar refractivity (Wildman–Crippen MR) is 48.2 cm³/mol. The Morgan fingerprint density at radius 3 is 2.77 bits per heavy atom. The number of aromatic nitrogens is 1. The maximum absolute atomic E-state index is 10.6. The Morgan fingerprint density at radius 1 is 1.54 bits per heavy atom. The van der Waals surface area contributed by atoms with Crippen molar-refractivity contribution in [2.75, 3.05) is 6.61 Å². The summed E-state index contributed by atoms with van der Waals surface area (Å²) in [6.45, 7) is 0.164. The first-order chi connectivity index (χ1) is 6.24. The maximum atomic E-state index is 10.6. The molecule has 4 heteroatoms. The van der Waals surface area contributed by atoms with E-state index in [4.69, 9.17) is 10.8 Å². The standard InChI is InChI=1S/C9H12N2O2/c10-9(13)8-4-3-7(6-11-8)2-1-5-12/h3-4,6,12H,1-2,5H2,(H2,10,13).